The zero-order chi connectivity index (χ0) is 14.3. The van der Waals surface area contributed by atoms with Crippen LogP contribution in [0, 0.1) is 34.5 Å². The Labute approximate surface area is 121 Å². The molecule has 2 rings (SSSR count). The lowest BCUT2D eigenvalue weighted by Crippen LogP contribution is -2.47. The summed E-state index contributed by atoms with van der Waals surface area (Å²) < 4.78 is 0. The molecule has 2 fully saturated rings. The zero-order valence-electron chi connectivity index (χ0n) is 14.3. The minimum Gasteiger partial charge on any atom is -0.0654 e. The van der Waals surface area contributed by atoms with Crippen molar-refractivity contribution in [2.75, 3.05) is 0 Å². The summed E-state index contributed by atoms with van der Waals surface area (Å²) in [6, 6.07) is 0. The first-order valence-corrected chi connectivity index (χ1v) is 8.89. The van der Waals surface area contributed by atoms with Crippen molar-refractivity contribution in [3.05, 3.63) is 0 Å². The Bertz CT molecular complexity index is 303. The van der Waals surface area contributed by atoms with Crippen LogP contribution in [0.5, 0.6) is 0 Å². The molecule has 0 amide bonds. The van der Waals surface area contributed by atoms with Crippen LogP contribution in [0.25, 0.3) is 0 Å². The molecule has 0 saturated heterocycles. The van der Waals surface area contributed by atoms with Gasteiger partial charge in [0.15, 0.2) is 0 Å². The van der Waals surface area contributed by atoms with Gasteiger partial charge in [0.2, 0.25) is 0 Å². The largest absolute Gasteiger partial charge is 0.0654 e. The first-order chi connectivity index (χ1) is 8.89. The molecule has 112 valence electrons. The van der Waals surface area contributed by atoms with E-state index >= 15 is 0 Å². The summed E-state index contributed by atoms with van der Waals surface area (Å²) in [6.07, 6.45) is 10.1. The lowest BCUT2D eigenvalue weighted by molar-refractivity contribution is -0.0538. The SMILES string of the molecule is CCCCCC(C)C1(C)C2CC(CC)C(C2)C1(C)C. The van der Waals surface area contributed by atoms with Crippen molar-refractivity contribution in [3.63, 3.8) is 0 Å². The maximum atomic E-state index is 2.64. The molecule has 2 saturated carbocycles. The van der Waals surface area contributed by atoms with Crippen LogP contribution in [0.2, 0.25) is 0 Å². The maximum Gasteiger partial charge on any atom is -0.0218 e. The van der Waals surface area contributed by atoms with Crippen molar-refractivity contribution in [2.24, 2.45) is 34.5 Å². The van der Waals surface area contributed by atoms with Gasteiger partial charge in [0.05, 0.1) is 0 Å². The van der Waals surface area contributed by atoms with E-state index in [1.807, 2.05) is 0 Å². The topological polar surface area (TPSA) is 0 Å². The lowest BCUT2D eigenvalue weighted by atomic mass is 9.51. The molecule has 2 bridgehead atoms. The van der Waals surface area contributed by atoms with E-state index in [-0.39, 0.29) is 0 Å². The molecule has 5 atom stereocenters. The van der Waals surface area contributed by atoms with Gasteiger partial charge in [-0.25, -0.2) is 0 Å². The zero-order valence-corrected chi connectivity index (χ0v) is 14.3. The average molecular weight is 264 g/mol. The third-order valence-corrected chi connectivity index (χ3v) is 7.65. The van der Waals surface area contributed by atoms with Gasteiger partial charge in [-0.2, -0.15) is 0 Å². The van der Waals surface area contributed by atoms with E-state index in [0.29, 0.717) is 10.8 Å². The van der Waals surface area contributed by atoms with Gasteiger partial charge in [-0.05, 0) is 47.3 Å². The van der Waals surface area contributed by atoms with Crippen molar-refractivity contribution < 1.29 is 0 Å². The predicted molar refractivity (Wildman–Crippen MR) is 85.2 cm³/mol. The molecule has 0 aromatic heterocycles. The molecule has 0 aliphatic heterocycles. The van der Waals surface area contributed by atoms with Crippen molar-refractivity contribution in [1.29, 1.82) is 0 Å². The third-order valence-electron chi connectivity index (χ3n) is 7.65. The molecule has 0 aromatic rings. The molecular weight excluding hydrogens is 228 g/mol. The van der Waals surface area contributed by atoms with Crippen molar-refractivity contribution in [3.8, 4) is 0 Å². The second-order valence-electron chi connectivity index (χ2n) is 8.34. The Balaban J connectivity index is 2.11. The van der Waals surface area contributed by atoms with Gasteiger partial charge < -0.3 is 0 Å². The smallest absolute Gasteiger partial charge is 0.0218 e. The Morgan fingerprint density at radius 3 is 2.26 bits per heavy atom. The van der Waals surface area contributed by atoms with Gasteiger partial charge in [-0.1, -0.05) is 73.6 Å². The average Bonchev–Trinajstić information content (AvgIpc) is 2.88. The molecule has 2 aliphatic rings. The first kappa shape index (κ1) is 15.4. The summed E-state index contributed by atoms with van der Waals surface area (Å²) in [7, 11) is 0. The summed E-state index contributed by atoms with van der Waals surface area (Å²) in [5, 5.41) is 0. The number of hydrogen-bond donors (Lipinski definition) is 0. The highest BCUT2D eigenvalue weighted by atomic mass is 14.7. The van der Waals surface area contributed by atoms with Gasteiger partial charge in [0, 0.05) is 0 Å². The summed E-state index contributed by atoms with van der Waals surface area (Å²) in [5.74, 6) is 3.94. The summed E-state index contributed by atoms with van der Waals surface area (Å²) >= 11 is 0. The van der Waals surface area contributed by atoms with Crippen molar-refractivity contribution >= 4 is 0 Å². The summed E-state index contributed by atoms with van der Waals surface area (Å²) in [4.78, 5) is 0. The molecule has 0 N–H and O–H groups in total. The van der Waals surface area contributed by atoms with E-state index in [9.17, 15) is 0 Å². The molecule has 0 nitrogen and oxygen atoms in total. The molecule has 2 aliphatic carbocycles. The highest BCUT2D eigenvalue weighted by Crippen LogP contribution is 2.71. The van der Waals surface area contributed by atoms with Gasteiger partial charge in [-0.3, -0.25) is 0 Å². The van der Waals surface area contributed by atoms with E-state index < -0.39 is 0 Å². The van der Waals surface area contributed by atoms with Crippen LogP contribution in [0.1, 0.15) is 86.5 Å². The molecule has 0 aromatic carbocycles. The molecular formula is C19H36. The van der Waals surface area contributed by atoms with E-state index in [1.54, 1.807) is 0 Å². The van der Waals surface area contributed by atoms with Gasteiger partial charge >= 0.3 is 0 Å². The number of fused-ring (bicyclic) bond motifs is 2. The molecule has 5 unspecified atom stereocenters. The van der Waals surface area contributed by atoms with Crippen molar-refractivity contribution in [2.45, 2.75) is 86.5 Å². The van der Waals surface area contributed by atoms with Gasteiger partial charge in [0.1, 0.15) is 0 Å². The van der Waals surface area contributed by atoms with Crippen LogP contribution >= 0.6 is 0 Å². The molecule has 0 spiro atoms. The highest BCUT2D eigenvalue weighted by molar-refractivity contribution is 5.12. The highest BCUT2D eigenvalue weighted by Gasteiger charge is 2.64. The quantitative estimate of drug-likeness (QED) is 0.494. The fourth-order valence-electron chi connectivity index (χ4n) is 5.91. The fraction of sp³-hybridized carbons (Fsp3) is 1.00. The normalized spacial score (nSPS) is 41.7. The van der Waals surface area contributed by atoms with Crippen LogP contribution < -0.4 is 0 Å². The Hall–Kier alpha value is 0. The van der Waals surface area contributed by atoms with E-state index in [1.165, 1.54) is 44.9 Å². The van der Waals surface area contributed by atoms with E-state index in [2.05, 4.69) is 41.5 Å². The Kier molecular flexibility index (Phi) is 4.38. The minimum absolute atomic E-state index is 0.558. The third kappa shape index (κ3) is 2.18. The van der Waals surface area contributed by atoms with E-state index in [0.717, 1.165) is 23.7 Å². The summed E-state index contributed by atoms with van der Waals surface area (Å²) in [5.41, 5.74) is 1.15. The van der Waals surface area contributed by atoms with Crippen LogP contribution in [0.3, 0.4) is 0 Å². The summed E-state index contributed by atoms with van der Waals surface area (Å²) in [6.45, 7) is 15.1. The first-order valence-electron chi connectivity index (χ1n) is 8.89. The van der Waals surface area contributed by atoms with Gasteiger partial charge in [-0.15, -0.1) is 0 Å². The molecule has 0 radical (unpaired) electrons. The standard InChI is InChI=1S/C19H36/c1-7-9-10-11-14(3)19(6)16-12-15(8-2)17(13-16)18(19,4)5/h14-17H,7-13H2,1-6H3. The minimum atomic E-state index is 0.558. The number of unbranched alkanes of at least 4 members (excludes halogenated alkanes) is 2. The second kappa shape index (κ2) is 5.41. The molecule has 0 heterocycles. The molecule has 19 heavy (non-hydrogen) atoms. The number of rotatable bonds is 6. The van der Waals surface area contributed by atoms with Crippen LogP contribution in [-0.2, 0) is 0 Å². The van der Waals surface area contributed by atoms with E-state index in [4.69, 9.17) is 0 Å². The van der Waals surface area contributed by atoms with Crippen molar-refractivity contribution in [1.82, 2.24) is 0 Å². The van der Waals surface area contributed by atoms with Crippen LogP contribution in [0.4, 0.5) is 0 Å². The van der Waals surface area contributed by atoms with Gasteiger partial charge in [0.25, 0.3) is 0 Å². The fourth-order valence-corrected chi connectivity index (χ4v) is 5.91. The lowest BCUT2D eigenvalue weighted by Gasteiger charge is -2.54. The molecule has 0 heteroatoms. The number of hydrogen-bond acceptors (Lipinski definition) is 0. The maximum absolute atomic E-state index is 2.64. The van der Waals surface area contributed by atoms with Crippen LogP contribution in [0.15, 0.2) is 0 Å². The Morgan fingerprint density at radius 2 is 1.74 bits per heavy atom. The Morgan fingerprint density at radius 1 is 1.05 bits per heavy atom. The second-order valence-corrected chi connectivity index (χ2v) is 8.34. The van der Waals surface area contributed by atoms with Crippen LogP contribution in [-0.4, -0.2) is 0 Å². The predicted octanol–water partition coefficient (Wildman–Crippen LogP) is 6.30. The monoisotopic (exact) mass is 264 g/mol.